The molecule has 2 aliphatic heterocycles. The van der Waals surface area contributed by atoms with Gasteiger partial charge in [0.1, 0.15) is 0 Å². The van der Waals surface area contributed by atoms with Gasteiger partial charge in [-0.25, -0.2) is 0 Å². The van der Waals surface area contributed by atoms with Crippen LogP contribution in [0.3, 0.4) is 0 Å². The van der Waals surface area contributed by atoms with Crippen molar-refractivity contribution in [3.05, 3.63) is 34.9 Å². The van der Waals surface area contributed by atoms with Crippen molar-refractivity contribution >= 4 is 5.91 Å². The van der Waals surface area contributed by atoms with Gasteiger partial charge in [-0.1, -0.05) is 18.2 Å². The van der Waals surface area contributed by atoms with E-state index >= 15 is 0 Å². The topological polar surface area (TPSA) is 32.3 Å². The van der Waals surface area contributed by atoms with Crippen LogP contribution in [0.1, 0.15) is 21.5 Å². The fraction of sp³-hybridized carbons (Fsp3) is 0.462. The highest BCUT2D eigenvalue weighted by Crippen LogP contribution is 2.26. The Bertz CT molecular complexity index is 442. The first kappa shape index (κ1) is 9.85. The monoisotopic (exact) mass is 216 g/mol. The van der Waals surface area contributed by atoms with Gasteiger partial charge in [-0.15, -0.1) is 0 Å². The molecule has 0 radical (unpaired) electrons. The average Bonchev–Trinajstić information content (AvgIpc) is 2.29. The lowest BCUT2D eigenvalue weighted by Crippen LogP contribution is -2.56. The number of hydrogen-bond donors (Lipinski definition) is 1. The highest BCUT2D eigenvalue weighted by atomic mass is 16.2. The van der Waals surface area contributed by atoms with Gasteiger partial charge in [-0.05, 0) is 24.5 Å². The minimum Gasteiger partial charge on any atom is -0.333 e. The number of carbonyl (C=O) groups is 1. The summed E-state index contributed by atoms with van der Waals surface area (Å²) in [6, 6.07) is 6.52. The standard InChI is InChI=1S/C13H16N2O/c1-9-3-2-4-10-7-11-8-14-5-6-15(11)13(16)12(9)10/h2-4,11,14H,5-8H2,1H3. The van der Waals surface area contributed by atoms with Crippen LogP contribution in [0.25, 0.3) is 0 Å². The number of piperazine rings is 1. The van der Waals surface area contributed by atoms with Crippen LogP contribution in [-0.2, 0) is 6.42 Å². The predicted octanol–water partition coefficient (Wildman–Crippen LogP) is 0.965. The number of aryl methyl sites for hydroxylation is 1. The number of benzene rings is 1. The molecule has 1 N–H and O–H groups in total. The molecule has 0 aromatic heterocycles. The van der Waals surface area contributed by atoms with E-state index in [1.54, 1.807) is 0 Å². The summed E-state index contributed by atoms with van der Waals surface area (Å²) < 4.78 is 0. The van der Waals surface area contributed by atoms with Gasteiger partial charge in [-0.3, -0.25) is 4.79 Å². The highest BCUT2D eigenvalue weighted by molar-refractivity contribution is 5.98. The molecule has 3 nitrogen and oxygen atoms in total. The maximum atomic E-state index is 12.4. The lowest BCUT2D eigenvalue weighted by molar-refractivity contribution is 0.0605. The Labute approximate surface area is 95.4 Å². The maximum absolute atomic E-state index is 12.4. The molecule has 0 aliphatic carbocycles. The molecule has 2 aliphatic rings. The average molecular weight is 216 g/mol. The van der Waals surface area contributed by atoms with Crippen molar-refractivity contribution in [2.24, 2.45) is 0 Å². The second-order valence-electron chi connectivity index (χ2n) is 4.67. The van der Waals surface area contributed by atoms with Crippen molar-refractivity contribution in [2.75, 3.05) is 19.6 Å². The third-order valence-electron chi connectivity index (χ3n) is 3.64. The van der Waals surface area contributed by atoms with Gasteiger partial charge >= 0.3 is 0 Å². The fourth-order valence-electron chi connectivity index (χ4n) is 2.81. The highest BCUT2D eigenvalue weighted by Gasteiger charge is 2.34. The van der Waals surface area contributed by atoms with E-state index in [0.717, 1.165) is 37.2 Å². The van der Waals surface area contributed by atoms with Crippen LogP contribution in [0.15, 0.2) is 18.2 Å². The first-order valence-electron chi connectivity index (χ1n) is 5.87. The second kappa shape index (κ2) is 3.59. The molecule has 1 atom stereocenters. The Hall–Kier alpha value is -1.35. The van der Waals surface area contributed by atoms with E-state index < -0.39 is 0 Å². The van der Waals surface area contributed by atoms with Crippen molar-refractivity contribution < 1.29 is 4.79 Å². The molecule has 1 saturated heterocycles. The summed E-state index contributed by atoms with van der Waals surface area (Å²) in [4.78, 5) is 14.4. The molecular weight excluding hydrogens is 200 g/mol. The predicted molar refractivity (Wildman–Crippen MR) is 62.6 cm³/mol. The van der Waals surface area contributed by atoms with Gasteiger partial charge in [0.25, 0.3) is 5.91 Å². The molecule has 1 fully saturated rings. The SMILES string of the molecule is Cc1cccc2c1C(=O)N1CCNCC1C2. The Kier molecular flexibility index (Phi) is 2.21. The van der Waals surface area contributed by atoms with Crippen LogP contribution in [0, 0.1) is 6.92 Å². The number of carbonyl (C=O) groups excluding carboxylic acids is 1. The Balaban J connectivity index is 2.07. The molecular formula is C13H16N2O. The molecule has 1 unspecified atom stereocenters. The Morgan fingerprint density at radius 3 is 3.19 bits per heavy atom. The van der Waals surface area contributed by atoms with Gasteiger partial charge in [0, 0.05) is 31.2 Å². The van der Waals surface area contributed by atoms with Crippen LogP contribution in [0.5, 0.6) is 0 Å². The van der Waals surface area contributed by atoms with Crippen molar-refractivity contribution in [1.29, 1.82) is 0 Å². The van der Waals surface area contributed by atoms with Crippen LogP contribution >= 0.6 is 0 Å². The number of nitrogens with zero attached hydrogens (tertiary/aromatic N) is 1. The molecule has 2 heterocycles. The van der Waals surface area contributed by atoms with E-state index in [-0.39, 0.29) is 5.91 Å². The zero-order chi connectivity index (χ0) is 11.1. The van der Waals surface area contributed by atoms with Crippen LogP contribution in [0.2, 0.25) is 0 Å². The van der Waals surface area contributed by atoms with Crippen molar-refractivity contribution in [2.45, 2.75) is 19.4 Å². The van der Waals surface area contributed by atoms with Gasteiger partial charge in [-0.2, -0.15) is 0 Å². The lowest BCUT2D eigenvalue weighted by Gasteiger charge is -2.40. The Morgan fingerprint density at radius 1 is 1.44 bits per heavy atom. The summed E-state index contributed by atoms with van der Waals surface area (Å²) in [6.45, 7) is 4.72. The van der Waals surface area contributed by atoms with E-state index in [4.69, 9.17) is 0 Å². The van der Waals surface area contributed by atoms with Crippen LogP contribution in [-0.4, -0.2) is 36.5 Å². The quantitative estimate of drug-likeness (QED) is 0.700. The maximum Gasteiger partial charge on any atom is 0.254 e. The van der Waals surface area contributed by atoms with Gasteiger partial charge in [0.2, 0.25) is 0 Å². The summed E-state index contributed by atoms with van der Waals surface area (Å²) >= 11 is 0. The molecule has 1 aromatic rings. The molecule has 3 rings (SSSR count). The fourth-order valence-corrected chi connectivity index (χ4v) is 2.81. The van der Waals surface area contributed by atoms with E-state index in [1.165, 1.54) is 5.56 Å². The molecule has 1 amide bonds. The first-order valence-corrected chi connectivity index (χ1v) is 5.87. The third kappa shape index (κ3) is 1.35. The van der Waals surface area contributed by atoms with Crippen LogP contribution < -0.4 is 5.32 Å². The lowest BCUT2D eigenvalue weighted by atomic mass is 9.89. The van der Waals surface area contributed by atoms with E-state index in [0.29, 0.717) is 6.04 Å². The number of hydrogen-bond acceptors (Lipinski definition) is 2. The van der Waals surface area contributed by atoms with Gasteiger partial charge in [0.15, 0.2) is 0 Å². The number of rotatable bonds is 0. The number of nitrogens with one attached hydrogen (secondary N) is 1. The minimum atomic E-state index is 0.228. The summed E-state index contributed by atoms with van der Waals surface area (Å²) in [7, 11) is 0. The van der Waals surface area contributed by atoms with Gasteiger partial charge in [0.05, 0.1) is 0 Å². The second-order valence-corrected chi connectivity index (χ2v) is 4.67. The van der Waals surface area contributed by atoms with Gasteiger partial charge < -0.3 is 10.2 Å². The molecule has 0 saturated carbocycles. The van der Waals surface area contributed by atoms with E-state index in [9.17, 15) is 4.79 Å². The third-order valence-corrected chi connectivity index (χ3v) is 3.64. The largest absolute Gasteiger partial charge is 0.333 e. The van der Waals surface area contributed by atoms with E-state index in [1.807, 2.05) is 24.0 Å². The van der Waals surface area contributed by atoms with Crippen molar-refractivity contribution in [3.63, 3.8) is 0 Å². The molecule has 0 bridgehead atoms. The number of fused-ring (bicyclic) bond motifs is 2. The normalized spacial score (nSPS) is 23.9. The molecule has 0 spiro atoms. The zero-order valence-corrected chi connectivity index (χ0v) is 9.49. The van der Waals surface area contributed by atoms with E-state index in [2.05, 4.69) is 11.4 Å². The number of amides is 1. The summed E-state index contributed by atoms with van der Waals surface area (Å²) in [5, 5.41) is 3.36. The molecule has 16 heavy (non-hydrogen) atoms. The molecule has 84 valence electrons. The summed E-state index contributed by atoms with van der Waals surface area (Å²) in [5.74, 6) is 0.228. The first-order chi connectivity index (χ1) is 7.77. The molecule has 1 aromatic carbocycles. The van der Waals surface area contributed by atoms with Crippen molar-refractivity contribution in [3.8, 4) is 0 Å². The molecule has 3 heteroatoms. The smallest absolute Gasteiger partial charge is 0.254 e. The Morgan fingerprint density at radius 2 is 2.31 bits per heavy atom. The summed E-state index contributed by atoms with van der Waals surface area (Å²) in [5.41, 5.74) is 3.27. The summed E-state index contributed by atoms with van der Waals surface area (Å²) in [6.07, 6.45) is 0.996. The van der Waals surface area contributed by atoms with Crippen molar-refractivity contribution in [1.82, 2.24) is 10.2 Å². The zero-order valence-electron chi connectivity index (χ0n) is 9.49. The van der Waals surface area contributed by atoms with Crippen LogP contribution in [0.4, 0.5) is 0 Å². The minimum absolute atomic E-state index is 0.228.